The van der Waals surface area contributed by atoms with Crippen LogP contribution in [0.4, 0.5) is 0 Å². The molecule has 18 heavy (non-hydrogen) atoms. The topological polar surface area (TPSA) is 47.6 Å². The second kappa shape index (κ2) is 6.33. The van der Waals surface area contributed by atoms with Gasteiger partial charge < -0.3 is 4.74 Å². The highest BCUT2D eigenvalue weighted by Crippen LogP contribution is 2.27. The van der Waals surface area contributed by atoms with Gasteiger partial charge in [-0.25, -0.2) is 4.79 Å². The molecule has 1 aromatic carbocycles. The monoisotopic (exact) mass is 247 g/mol. The molecule has 96 valence electrons. The third kappa shape index (κ3) is 3.42. The summed E-state index contributed by atoms with van der Waals surface area (Å²) in [5.41, 5.74) is 4.16. The number of hydrogen-bond donors (Lipinski definition) is 1. The number of rotatable bonds is 4. The third-order valence-electron chi connectivity index (χ3n) is 2.92. The Morgan fingerprint density at radius 3 is 3.00 bits per heavy atom. The van der Waals surface area contributed by atoms with Gasteiger partial charge in [-0.05, 0) is 18.4 Å². The Bertz CT molecular complexity index is 416. The van der Waals surface area contributed by atoms with Gasteiger partial charge in [-0.2, -0.15) is 5.48 Å². The number of nitrogens with one attached hydrogen (secondary N) is 1. The molecule has 0 amide bonds. The molecule has 0 saturated carbocycles. The largest absolute Gasteiger partial charge is 0.466 e. The van der Waals surface area contributed by atoms with E-state index >= 15 is 0 Å². The van der Waals surface area contributed by atoms with Crippen LogP contribution in [0.1, 0.15) is 24.5 Å². The SMILES string of the molecule is COC(=O)/C=C/C[C@@H]1C[C@H](c2ccccc2)ON1. The highest BCUT2D eigenvalue weighted by atomic mass is 16.7. The predicted octanol–water partition coefficient (Wildman–Crippen LogP) is 2.14. The average molecular weight is 247 g/mol. The zero-order valence-corrected chi connectivity index (χ0v) is 10.3. The van der Waals surface area contributed by atoms with Gasteiger partial charge >= 0.3 is 5.97 Å². The van der Waals surface area contributed by atoms with Crippen molar-refractivity contribution in [3.63, 3.8) is 0 Å². The van der Waals surface area contributed by atoms with Crippen molar-refractivity contribution in [3.8, 4) is 0 Å². The van der Waals surface area contributed by atoms with Crippen molar-refractivity contribution < 1.29 is 14.4 Å². The molecule has 4 heteroatoms. The molecule has 0 radical (unpaired) electrons. The van der Waals surface area contributed by atoms with E-state index in [0.717, 1.165) is 12.8 Å². The quantitative estimate of drug-likeness (QED) is 0.654. The van der Waals surface area contributed by atoms with Crippen LogP contribution in [0.2, 0.25) is 0 Å². The smallest absolute Gasteiger partial charge is 0.330 e. The first-order valence-corrected chi connectivity index (χ1v) is 6.00. The molecule has 1 N–H and O–H groups in total. The lowest BCUT2D eigenvalue weighted by Gasteiger charge is -2.06. The summed E-state index contributed by atoms with van der Waals surface area (Å²) >= 11 is 0. The molecule has 4 nitrogen and oxygen atoms in total. The Morgan fingerprint density at radius 2 is 2.28 bits per heavy atom. The number of esters is 1. The molecule has 1 fully saturated rings. The third-order valence-corrected chi connectivity index (χ3v) is 2.92. The Morgan fingerprint density at radius 1 is 1.50 bits per heavy atom. The number of hydrogen-bond acceptors (Lipinski definition) is 4. The van der Waals surface area contributed by atoms with Crippen molar-refractivity contribution in [3.05, 3.63) is 48.0 Å². The van der Waals surface area contributed by atoms with E-state index in [1.54, 1.807) is 6.08 Å². The van der Waals surface area contributed by atoms with E-state index in [2.05, 4.69) is 22.3 Å². The van der Waals surface area contributed by atoms with E-state index < -0.39 is 0 Å². The van der Waals surface area contributed by atoms with Crippen molar-refractivity contribution >= 4 is 5.97 Å². The number of carbonyl (C=O) groups is 1. The van der Waals surface area contributed by atoms with E-state index in [-0.39, 0.29) is 18.1 Å². The van der Waals surface area contributed by atoms with Crippen LogP contribution in [0.25, 0.3) is 0 Å². The standard InChI is InChI=1S/C14H17NO3/c1-17-14(16)9-5-8-12-10-13(18-15-12)11-6-3-2-4-7-11/h2-7,9,12-13,15H,8,10H2,1H3/b9-5+/t12-,13-/m1/s1. The minimum atomic E-state index is -0.325. The van der Waals surface area contributed by atoms with E-state index in [9.17, 15) is 4.79 Å². The van der Waals surface area contributed by atoms with Gasteiger partial charge in [0.2, 0.25) is 0 Å². The number of methoxy groups -OCH3 is 1. The molecule has 2 rings (SSSR count). The highest BCUT2D eigenvalue weighted by molar-refractivity contribution is 5.81. The predicted molar refractivity (Wildman–Crippen MR) is 67.6 cm³/mol. The molecule has 1 aliphatic heterocycles. The van der Waals surface area contributed by atoms with Crippen LogP contribution in [0.5, 0.6) is 0 Å². The number of benzene rings is 1. The molecule has 1 heterocycles. The van der Waals surface area contributed by atoms with Crippen molar-refractivity contribution in [2.75, 3.05) is 7.11 Å². The van der Waals surface area contributed by atoms with Gasteiger partial charge in [0.05, 0.1) is 7.11 Å². The lowest BCUT2D eigenvalue weighted by molar-refractivity contribution is -0.134. The van der Waals surface area contributed by atoms with Crippen LogP contribution in [0.15, 0.2) is 42.5 Å². The summed E-state index contributed by atoms with van der Waals surface area (Å²) in [6.07, 6.45) is 4.98. The highest BCUT2D eigenvalue weighted by Gasteiger charge is 2.25. The minimum absolute atomic E-state index is 0.0859. The van der Waals surface area contributed by atoms with E-state index in [0.29, 0.717) is 0 Å². The fraction of sp³-hybridized carbons (Fsp3) is 0.357. The molecule has 0 unspecified atom stereocenters. The maximum absolute atomic E-state index is 10.9. The van der Waals surface area contributed by atoms with Gasteiger partial charge in [0, 0.05) is 12.1 Å². The summed E-state index contributed by atoms with van der Waals surface area (Å²) in [7, 11) is 1.37. The Kier molecular flexibility index (Phi) is 4.50. The molecule has 1 aromatic rings. The van der Waals surface area contributed by atoms with Crippen molar-refractivity contribution in [2.24, 2.45) is 0 Å². The number of ether oxygens (including phenoxy) is 1. The Balaban J connectivity index is 1.82. The van der Waals surface area contributed by atoms with Crippen LogP contribution in [-0.4, -0.2) is 19.1 Å². The van der Waals surface area contributed by atoms with Crippen molar-refractivity contribution in [1.82, 2.24) is 5.48 Å². The summed E-state index contributed by atoms with van der Waals surface area (Å²) in [5, 5.41) is 0. The molecular weight excluding hydrogens is 230 g/mol. The molecular formula is C14H17NO3. The Hall–Kier alpha value is -1.65. The van der Waals surface area contributed by atoms with Crippen LogP contribution < -0.4 is 5.48 Å². The van der Waals surface area contributed by atoms with Crippen LogP contribution in [0.3, 0.4) is 0 Å². The number of carbonyl (C=O) groups excluding carboxylic acids is 1. The molecule has 2 atom stereocenters. The van der Waals surface area contributed by atoms with Crippen molar-refractivity contribution in [1.29, 1.82) is 0 Å². The second-order valence-electron chi connectivity index (χ2n) is 4.23. The van der Waals surface area contributed by atoms with Gasteiger partial charge in [-0.15, -0.1) is 0 Å². The first-order chi connectivity index (χ1) is 8.79. The van der Waals surface area contributed by atoms with Gasteiger partial charge in [-0.3, -0.25) is 4.84 Å². The van der Waals surface area contributed by atoms with E-state index in [1.165, 1.54) is 18.7 Å². The molecule has 1 aliphatic rings. The molecule has 0 aliphatic carbocycles. The van der Waals surface area contributed by atoms with Gasteiger partial charge in [0.25, 0.3) is 0 Å². The van der Waals surface area contributed by atoms with Crippen LogP contribution >= 0.6 is 0 Å². The summed E-state index contributed by atoms with van der Waals surface area (Å²) < 4.78 is 4.53. The maximum atomic E-state index is 10.9. The zero-order valence-electron chi connectivity index (χ0n) is 10.3. The lowest BCUT2D eigenvalue weighted by atomic mass is 10.0. The van der Waals surface area contributed by atoms with Gasteiger partial charge in [0.1, 0.15) is 6.10 Å². The average Bonchev–Trinajstić information content (AvgIpc) is 2.88. The summed E-state index contributed by atoms with van der Waals surface area (Å²) in [6, 6.07) is 10.3. The Labute approximate surface area is 107 Å². The van der Waals surface area contributed by atoms with Crippen molar-refractivity contribution in [2.45, 2.75) is 25.0 Å². The first kappa shape index (κ1) is 12.8. The van der Waals surface area contributed by atoms with E-state index in [4.69, 9.17) is 4.84 Å². The maximum Gasteiger partial charge on any atom is 0.330 e. The second-order valence-corrected chi connectivity index (χ2v) is 4.23. The summed E-state index contributed by atoms with van der Waals surface area (Å²) in [4.78, 5) is 16.4. The minimum Gasteiger partial charge on any atom is -0.466 e. The fourth-order valence-electron chi connectivity index (χ4n) is 1.95. The molecule has 0 spiro atoms. The van der Waals surface area contributed by atoms with Crippen LogP contribution in [-0.2, 0) is 14.4 Å². The summed E-state index contributed by atoms with van der Waals surface area (Å²) in [6.45, 7) is 0. The van der Waals surface area contributed by atoms with Crippen LogP contribution in [0, 0.1) is 0 Å². The van der Waals surface area contributed by atoms with Gasteiger partial charge in [0.15, 0.2) is 0 Å². The first-order valence-electron chi connectivity index (χ1n) is 6.00. The molecule has 0 bridgehead atoms. The van der Waals surface area contributed by atoms with E-state index in [1.807, 2.05) is 18.2 Å². The normalized spacial score (nSPS) is 23.4. The fourth-order valence-corrected chi connectivity index (χ4v) is 1.95. The number of hydroxylamine groups is 1. The lowest BCUT2D eigenvalue weighted by Crippen LogP contribution is -2.18. The zero-order chi connectivity index (χ0) is 12.8. The summed E-state index contributed by atoms with van der Waals surface area (Å²) in [5.74, 6) is -0.325. The molecule has 1 saturated heterocycles. The molecule has 0 aromatic heterocycles. The van der Waals surface area contributed by atoms with Gasteiger partial charge in [-0.1, -0.05) is 36.4 Å².